The van der Waals surface area contributed by atoms with Crippen LogP contribution in [0.3, 0.4) is 0 Å². The number of nitrogens with zero attached hydrogens (tertiary/aromatic N) is 2. The number of rotatable bonds is 6. The molecule has 0 spiro atoms. The molecule has 1 aromatic heterocycles. The van der Waals surface area contributed by atoms with Gasteiger partial charge >= 0.3 is 0 Å². The van der Waals surface area contributed by atoms with Crippen molar-refractivity contribution in [3.05, 3.63) is 11.7 Å². The second-order valence-electron chi connectivity index (χ2n) is 5.11. The Kier molecular flexibility index (Phi) is 4.93. The lowest BCUT2D eigenvalue weighted by atomic mass is 9.99. The molecule has 0 unspecified atom stereocenters. The average Bonchev–Trinajstić information content (AvgIpc) is 2.80. The summed E-state index contributed by atoms with van der Waals surface area (Å²) in [4.78, 5) is 4.36. The van der Waals surface area contributed by atoms with E-state index in [1.165, 1.54) is 0 Å². The van der Waals surface area contributed by atoms with Gasteiger partial charge in [0.1, 0.15) is 9.84 Å². The van der Waals surface area contributed by atoms with Crippen LogP contribution >= 0.6 is 0 Å². The number of hydrogen-bond acceptors (Lipinski definition) is 6. The molecule has 0 atom stereocenters. The third-order valence-electron chi connectivity index (χ3n) is 3.47. The van der Waals surface area contributed by atoms with Gasteiger partial charge in [-0.05, 0) is 38.8 Å². The van der Waals surface area contributed by atoms with Crippen LogP contribution in [0.25, 0.3) is 0 Å². The summed E-state index contributed by atoms with van der Waals surface area (Å²) in [6, 6.07) is 0. The summed E-state index contributed by atoms with van der Waals surface area (Å²) in [5.74, 6) is 2.33. The summed E-state index contributed by atoms with van der Waals surface area (Å²) in [5.41, 5.74) is 0. The molecule has 0 aliphatic carbocycles. The van der Waals surface area contributed by atoms with Crippen LogP contribution in [-0.4, -0.2) is 43.7 Å². The van der Waals surface area contributed by atoms with Crippen LogP contribution in [0, 0.1) is 5.92 Å². The summed E-state index contributed by atoms with van der Waals surface area (Å²) in [7, 11) is -0.876. The van der Waals surface area contributed by atoms with Gasteiger partial charge < -0.3 is 9.84 Å². The van der Waals surface area contributed by atoms with Crippen molar-refractivity contribution < 1.29 is 12.9 Å². The van der Waals surface area contributed by atoms with Gasteiger partial charge in [-0.15, -0.1) is 0 Å². The molecule has 2 rings (SSSR count). The zero-order valence-electron chi connectivity index (χ0n) is 11.3. The van der Waals surface area contributed by atoms with Crippen LogP contribution in [-0.2, 0) is 22.7 Å². The monoisotopic (exact) mass is 287 g/mol. The van der Waals surface area contributed by atoms with Gasteiger partial charge in [-0.25, -0.2) is 8.42 Å². The smallest absolute Gasteiger partial charge is 0.226 e. The fourth-order valence-electron chi connectivity index (χ4n) is 2.29. The predicted molar refractivity (Wildman–Crippen MR) is 71.6 cm³/mol. The van der Waals surface area contributed by atoms with Crippen LogP contribution in [0.5, 0.6) is 0 Å². The maximum atomic E-state index is 11.3. The van der Waals surface area contributed by atoms with Crippen molar-refractivity contribution in [1.82, 2.24) is 15.5 Å². The molecule has 1 saturated heterocycles. The highest BCUT2D eigenvalue weighted by molar-refractivity contribution is 7.91. The van der Waals surface area contributed by atoms with E-state index in [9.17, 15) is 8.42 Å². The second-order valence-corrected chi connectivity index (χ2v) is 7.41. The number of aromatic nitrogens is 2. The Morgan fingerprint density at radius 1 is 1.37 bits per heavy atom. The van der Waals surface area contributed by atoms with Crippen LogP contribution in [0.4, 0.5) is 0 Å². The Bertz CT molecular complexity index is 484. The van der Waals surface area contributed by atoms with Gasteiger partial charge in [0, 0.05) is 12.8 Å². The average molecular weight is 287 g/mol. The zero-order valence-corrected chi connectivity index (χ0v) is 12.1. The van der Waals surface area contributed by atoms with Crippen LogP contribution in [0.2, 0.25) is 0 Å². The summed E-state index contributed by atoms with van der Waals surface area (Å²) in [6.45, 7) is 0.935. The quantitative estimate of drug-likeness (QED) is 0.771. The molecule has 0 amide bonds. The molecule has 6 nitrogen and oxygen atoms in total. The molecule has 0 aromatic carbocycles. The highest BCUT2D eigenvalue weighted by atomic mass is 32.2. The predicted octanol–water partition coefficient (Wildman–Crippen LogP) is 0.589. The number of nitrogens with one attached hydrogen (secondary N) is 1. The Morgan fingerprint density at radius 2 is 2.11 bits per heavy atom. The third-order valence-corrected chi connectivity index (χ3v) is 5.19. The first-order valence-electron chi connectivity index (χ1n) is 6.75. The van der Waals surface area contributed by atoms with E-state index in [1.807, 2.05) is 7.05 Å². The minimum absolute atomic E-state index is 0.292. The maximum absolute atomic E-state index is 11.3. The molecule has 1 aliphatic rings. The van der Waals surface area contributed by atoms with Gasteiger partial charge in [0.25, 0.3) is 0 Å². The largest absolute Gasteiger partial charge is 0.339 e. The molecule has 0 saturated carbocycles. The van der Waals surface area contributed by atoms with Gasteiger partial charge in [-0.1, -0.05) is 5.16 Å². The Labute approximate surface area is 113 Å². The van der Waals surface area contributed by atoms with Crippen molar-refractivity contribution in [2.24, 2.45) is 5.92 Å². The van der Waals surface area contributed by atoms with Crippen molar-refractivity contribution in [3.63, 3.8) is 0 Å². The Balaban J connectivity index is 1.80. The molecule has 0 radical (unpaired) electrons. The standard InChI is InChI=1S/C12H21N3O3S/c1-13-6-2-3-11-14-12(18-15-11)9-10-4-7-19(16,17)8-5-10/h10,13H,2-9H2,1H3. The van der Waals surface area contributed by atoms with Gasteiger partial charge in [0.05, 0.1) is 11.5 Å². The van der Waals surface area contributed by atoms with Gasteiger partial charge in [-0.3, -0.25) is 0 Å². The topological polar surface area (TPSA) is 85.1 Å². The van der Waals surface area contributed by atoms with Crippen molar-refractivity contribution >= 4 is 9.84 Å². The maximum Gasteiger partial charge on any atom is 0.226 e. The lowest BCUT2D eigenvalue weighted by Gasteiger charge is -2.19. The third kappa shape index (κ3) is 4.58. The van der Waals surface area contributed by atoms with E-state index in [-0.39, 0.29) is 0 Å². The van der Waals surface area contributed by atoms with Crippen LogP contribution in [0.15, 0.2) is 4.52 Å². The normalized spacial score (nSPS) is 19.6. The summed E-state index contributed by atoms with van der Waals surface area (Å²) < 4.78 is 27.9. The van der Waals surface area contributed by atoms with Gasteiger partial charge in [-0.2, -0.15) is 4.98 Å². The highest BCUT2D eigenvalue weighted by Crippen LogP contribution is 2.22. The molecular weight excluding hydrogens is 266 g/mol. The first-order valence-corrected chi connectivity index (χ1v) is 8.57. The van der Waals surface area contributed by atoms with Gasteiger partial charge in [0.2, 0.25) is 5.89 Å². The Hall–Kier alpha value is -0.950. The first-order chi connectivity index (χ1) is 9.09. The molecule has 1 aliphatic heterocycles. The molecule has 108 valence electrons. The van der Waals surface area contributed by atoms with E-state index in [2.05, 4.69) is 15.5 Å². The van der Waals surface area contributed by atoms with Crippen molar-refractivity contribution in [3.8, 4) is 0 Å². The van der Waals surface area contributed by atoms with E-state index in [0.29, 0.717) is 42.6 Å². The number of hydrogen-bond donors (Lipinski definition) is 1. The second kappa shape index (κ2) is 6.47. The Morgan fingerprint density at radius 3 is 2.79 bits per heavy atom. The zero-order chi connectivity index (χ0) is 13.7. The molecule has 7 heteroatoms. The minimum Gasteiger partial charge on any atom is -0.339 e. The molecule has 0 bridgehead atoms. The number of aryl methyl sites for hydroxylation is 1. The molecule has 1 fully saturated rings. The fraction of sp³-hybridized carbons (Fsp3) is 0.833. The summed E-state index contributed by atoms with van der Waals surface area (Å²) >= 11 is 0. The summed E-state index contributed by atoms with van der Waals surface area (Å²) in [6.07, 6.45) is 3.91. The minimum atomic E-state index is -2.79. The van der Waals surface area contributed by atoms with Gasteiger partial charge in [0.15, 0.2) is 5.82 Å². The first kappa shape index (κ1) is 14.5. The van der Waals surface area contributed by atoms with E-state index < -0.39 is 9.84 Å². The van der Waals surface area contributed by atoms with E-state index in [4.69, 9.17) is 4.52 Å². The van der Waals surface area contributed by atoms with Crippen molar-refractivity contribution in [2.45, 2.75) is 32.1 Å². The highest BCUT2D eigenvalue weighted by Gasteiger charge is 2.25. The SMILES string of the molecule is CNCCCc1noc(CC2CCS(=O)(=O)CC2)n1. The fourth-order valence-corrected chi connectivity index (χ4v) is 3.88. The number of sulfone groups is 1. The molecule has 19 heavy (non-hydrogen) atoms. The lowest BCUT2D eigenvalue weighted by molar-refractivity contribution is 0.339. The molecular formula is C12H21N3O3S. The van der Waals surface area contributed by atoms with E-state index >= 15 is 0 Å². The van der Waals surface area contributed by atoms with Crippen molar-refractivity contribution in [2.75, 3.05) is 25.1 Å². The molecule has 2 heterocycles. The molecule has 1 N–H and O–H groups in total. The van der Waals surface area contributed by atoms with E-state index in [1.54, 1.807) is 0 Å². The summed E-state index contributed by atoms with van der Waals surface area (Å²) in [5, 5.41) is 7.03. The van der Waals surface area contributed by atoms with Crippen molar-refractivity contribution in [1.29, 1.82) is 0 Å². The molecule has 1 aromatic rings. The van der Waals surface area contributed by atoms with Crippen LogP contribution < -0.4 is 5.32 Å². The van der Waals surface area contributed by atoms with Crippen LogP contribution in [0.1, 0.15) is 31.0 Å². The van der Waals surface area contributed by atoms with E-state index in [0.717, 1.165) is 25.2 Å². The lowest BCUT2D eigenvalue weighted by Crippen LogP contribution is -2.24.